The largest absolute Gasteiger partial charge is 0.495 e. The number of ether oxygens (including phenoxy) is 3. The highest BCUT2D eigenvalue weighted by Crippen LogP contribution is 2.45. The van der Waals surface area contributed by atoms with Crippen LogP contribution in [0, 0.1) is 0 Å². The van der Waals surface area contributed by atoms with E-state index in [1.54, 1.807) is 13.2 Å². The fourth-order valence-corrected chi connectivity index (χ4v) is 2.34. The first-order valence-electron chi connectivity index (χ1n) is 4.80. The topological polar surface area (TPSA) is 60.0 Å². The van der Waals surface area contributed by atoms with Crippen LogP contribution < -0.4 is 19.7 Å². The molecule has 0 spiro atoms. The lowest BCUT2D eigenvalue weighted by Crippen LogP contribution is -2.17. The van der Waals surface area contributed by atoms with Crippen molar-refractivity contribution in [3.8, 4) is 17.2 Å². The number of hydrogen-bond acceptors (Lipinski definition) is 5. The van der Waals surface area contributed by atoms with Gasteiger partial charge >= 0.3 is 0 Å². The normalized spacial score (nSPS) is 13.7. The summed E-state index contributed by atoms with van der Waals surface area (Å²) < 4.78 is 16.9. The third-order valence-corrected chi connectivity index (χ3v) is 3.00. The molecule has 0 atom stereocenters. The standard InChI is InChI=1S/C10H12BrNO4/c1-14-9-6(5-12-13)4-7-10(8(9)11)16-3-2-15-7/h4,12-13H,2-3,5H2,1H3. The molecule has 1 aliphatic rings. The van der Waals surface area contributed by atoms with Gasteiger partial charge in [0.1, 0.15) is 23.4 Å². The smallest absolute Gasteiger partial charge is 0.179 e. The van der Waals surface area contributed by atoms with Crippen molar-refractivity contribution in [3.63, 3.8) is 0 Å². The van der Waals surface area contributed by atoms with Crippen molar-refractivity contribution in [1.82, 2.24) is 5.48 Å². The summed E-state index contributed by atoms with van der Waals surface area (Å²) in [5.41, 5.74) is 2.89. The zero-order chi connectivity index (χ0) is 11.5. The van der Waals surface area contributed by atoms with Crippen molar-refractivity contribution in [2.75, 3.05) is 20.3 Å². The van der Waals surface area contributed by atoms with Gasteiger partial charge in [-0.3, -0.25) is 0 Å². The van der Waals surface area contributed by atoms with Gasteiger partial charge in [0.05, 0.1) is 7.11 Å². The number of nitrogens with one attached hydrogen (secondary N) is 1. The van der Waals surface area contributed by atoms with E-state index >= 15 is 0 Å². The minimum absolute atomic E-state index is 0.276. The van der Waals surface area contributed by atoms with Crippen LogP contribution in [0.1, 0.15) is 5.56 Å². The minimum Gasteiger partial charge on any atom is -0.495 e. The second-order valence-corrected chi connectivity index (χ2v) is 4.03. The van der Waals surface area contributed by atoms with Gasteiger partial charge in [0.25, 0.3) is 0 Å². The predicted molar refractivity (Wildman–Crippen MR) is 60.3 cm³/mol. The van der Waals surface area contributed by atoms with E-state index in [9.17, 15) is 0 Å². The highest BCUT2D eigenvalue weighted by molar-refractivity contribution is 9.10. The van der Waals surface area contributed by atoms with Crippen LogP contribution in [0.5, 0.6) is 17.2 Å². The number of benzene rings is 1. The monoisotopic (exact) mass is 289 g/mol. The molecule has 0 amide bonds. The molecule has 0 aliphatic carbocycles. The SMILES string of the molecule is COc1c(CNO)cc2c(c1Br)OCCO2. The molecule has 1 aromatic carbocycles. The Morgan fingerprint density at radius 3 is 2.94 bits per heavy atom. The van der Waals surface area contributed by atoms with Crippen LogP contribution in [-0.2, 0) is 6.54 Å². The summed E-state index contributed by atoms with van der Waals surface area (Å²) in [6.45, 7) is 1.32. The molecule has 0 aromatic heterocycles. The summed E-state index contributed by atoms with van der Waals surface area (Å²) in [7, 11) is 1.57. The molecule has 0 fully saturated rings. The first-order chi connectivity index (χ1) is 7.77. The number of hydrogen-bond donors (Lipinski definition) is 2. The summed E-state index contributed by atoms with van der Waals surface area (Å²) in [4.78, 5) is 0. The van der Waals surface area contributed by atoms with Crippen molar-refractivity contribution in [1.29, 1.82) is 0 Å². The van der Waals surface area contributed by atoms with Gasteiger partial charge in [-0.25, -0.2) is 5.48 Å². The molecule has 0 radical (unpaired) electrons. The van der Waals surface area contributed by atoms with Crippen LogP contribution in [0.3, 0.4) is 0 Å². The van der Waals surface area contributed by atoms with Crippen molar-refractivity contribution in [2.24, 2.45) is 0 Å². The Kier molecular flexibility index (Phi) is 3.52. The second kappa shape index (κ2) is 4.90. The molecular formula is C10H12BrNO4. The maximum Gasteiger partial charge on any atom is 0.179 e. The van der Waals surface area contributed by atoms with Crippen LogP contribution in [0.15, 0.2) is 10.5 Å². The van der Waals surface area contributed by atoms with Gasteiger partial charge in [0.15, 0.2) is 11.5 Å². The third-order valence-electron chi connectivity index (χ3n) is 2.28. The molecule has 1 aromatic rings. The predicted octanol–water partition coefficient (Wildman–Crippen LogP) is 1.71. The van der Waals surface area contributed by atoms with E-state index in [1.807, 2.05) is 0 Å². The molecular weight excluding hydrogens is 278 g/mol. The van der Waals surface area contributed by atoms with Gasteiger partial charge < -0.3 is 19.4 Å². The maximum atomic E-state index is 8.74. The fraction of sp³-hybridized carbons (Fsp3) is 0.400. The van der Waals surface area contributed by atoms with Crippen molar-refractivity contribution >= 4 is 15.9 Å². The van der Waals surface area contributed by atoms with E-state index in [0.29, 0.717) is 34.9 Å². The average molecular weight is 290 g/mol. The molecule has 0 unspecified atom stereocenters. The van der Waals surface area contributed by atoms with E-state index in [4.69, 9.17) is 19.4 Å². The molecule has 88 valence electrons. The average Bonchev–Trinajstić information content (AvgIpc) is 2.30. The Labute approximate surface area is 101 Å². The van der Waals surface area contributed by atoms with Crippen LogP contribution in [0.2, 0.25) is 0 Å². The van der Waals surface area contributed by atoms with Gasteiger partial charge in [-0.1, -0.05) is 0 Å². The zero-order valence-electron chi connectivity index (χ0n) is 8.75. The second-order valence-electron chi connectivity index (χ2n) is 3.24. The number of rotatable bonds is 3. The third kappa shape index (κ3) is 1.95. The lowest BCUT2D eigenvalue weighted by atomic mass is 10.1. The Morgan fingerprint density at radius 2 is 2.25 bits per heavy atom. The molecule has 2 rings (SSSR count). The van der Waals surface area contributed by atoms with Crippen LogP contribution in [0.25, 0.3) is 0 Å². The van der Waals surface area contributed by atoms with Crippen molar-refractivity contribution in [3.05, 3.63) is 16.1 Å². The lowest BCUT2D eigenvalue weighted by Gasteiger charge is -2.22. The molecule has 0 saturated heterocycles. The Morgan fingerprint density at radius 1 is 1.50 bits per heavy atom. The first kappa shape index (κ1) is 11.5. The summed E-state index contributed by atoms with van der Waals surface area (Å²) in [5, 5.41) is 8.74. The molecule has 1 aliphatic heterocycles. The number of fused-ring (bicyclic) bond motifs is 1. The lowest BCUT2D eigenvalue weighted by molar-refractivity contribution is 0.157. The molecule has 6 heteroatoms. The fourth-order valence-electron chi connectivity index (χ4n) is 1.62. The van der Waals surface area contributed by atoms with Gasteiger partial charge in [0.2, 0.25) is 0 Å². The van der Waals surface area contributed by atoms with E-state index in [1.165, 1.54) is 0 Å². The number of hydroxylamine groups is 1. The summed E-state index contributed by atoms with van der Waals surface area (Å²) >= 11 is 3.41. The van der Waals surface area contributed by atoms with E-state index in [-0.39, 0.29) is 6.54 Å². The van der Waals surface area contributed by atoms with Crippen molar-refractivity contribution < 1.29 is 19.4 Å². The maximum absolute atomic E-state index is 8.74. The van der Waals surface area contributed by atoms with Crippen LogP contribution in [0.4, 0.5) is 0 Å². The Balaban J connectivity index is 2.50. The Bertz CT molecular complexity index is 397. The molecule has 2 N–H and O–H groups in total. The molecule has 0 bridgehead atoms. The van der Waals surface area contributed by atoms with E-state index in [2.05, 4.69) is 21.4 Å². The summed E-state index contributed by atoms with van der Waals surface area (Å²) in [6, 6.07) is 1.79. The first-order valence-corrected chi connectivity index (χ1v) is 5.59. The van der Waals surface area contributed by atoms with Crippen molar-refractivity contribution in [2.45, 2.75) is 6.54 Å². The molecule has 0 saturated carbocycles. The number of halogens is 1. The highest BCUT2D eigenvalue weighted by atomic mass is 79.9. The van der Waals surface area contributed by atoms with Gasteiger partial charge in [-0.05, 0) is 22.0 Å². The van der Waals surface area contributed by atoms with E-state index in [0.717, 1.165) is 5.56 Å². The molecule has 1 heterocycles. The van der Waals surface area contributed by atoms with E-state index < -0.39 is 0 Å². The minimum atomic E-state index is 0.276. The highest BCUT2D eigenvalue weighted by Gasteiger charge is 2.21. The van der Waals surface area contributed by atoms with Crippen LogP contribution in [-0.4, -0.2) is 25.5 Å². The zero-order valence-corrected chi connectivity index (χ0v) is 10.3. The van der Waals surface area contributed by atoms with Gasteiger partial charge in [0, 0.05) is 12.1 Å². The van der Waals surface area contributed by atoms with Gasteiger partial charge in [-0.2, -0.15) is 0 Å². The Hall–Kier alpha value is -0.980. The van der Waals surface area contributed by atoms with Gasteiger partial charge in [-0.15, -0.1) is 0 Å². The van der Waals surface area contributed by atoms with Crippen LogP contribution >= 0.6 is 15.9 Å². The molecule has 5 nitrogen and oxygen atoms in total. The molecule has 16 heavy (non-hydrogen) atoms. The quantitative estimate of drug-likeness (QED) is 0.830. The summed E-state index contributed by atoms with van der Waals surface area (Å²) in [6.07, 6.45) is 0. The number of methoxy groups -OCH3 is 1. The summed E-state index contributed by atoms with van der Waals surface area (Å²) in [5.74, 6) is 1.93.